The summed E-state index contributed by atoms with van der Waals surface area (Å²) in [5, 5.41) is 3.16. The van der Waals surface area contributed by atoms with Gasteiger partial charge in [0.1, 0.15) is 0 Å². The van der Waals surface area contributed by atoms with Crippen LogP contribution >= 0.6 is 0 Å². The SMILES string of the molecule is Nn1cc(C(F)(F)F)cn1. The molecule has 0 amide bonds. The maximum absolute atomic E-state index is 11.7. The maximum atomic E-state index is 11.7. The molecule has 0 unspecified atom stereocenters. The number of hydrogen-bond acceptors (Lipinski definition) is 2. The molecule has 10 heavy (non-hydrogen) atoms. The Hall–Kier alpha value is -1.20. The van der Waals surface area contributed by atoms with Crippen LogP contribution in [-0.2, 0) is 6.18 Å². The molecule has 3 nitrogen and oxygen atoms in total. The molecule has 1 heterocycles. The molecule has 1 rings (SSSR count). The van der Waals surface area contributed by atoms with Crippen LogP contribution in [0.2, 0.25) is 0 Å². The van der Waals surface area contributed by atoms with E-state index in [0.717, 1.165) is 0 Å². The minimum absolute atomic E-state index is 0.614. The molecular weight excluding hydrogens is 147 g/mol. The van der Waals surface area contributed by atoms with Crippen molar-refractivity contribution in [1.29, 1.82) is 0 Å². The minimum atomic E-state index is -4.35. The Morgan fingerprint density at radius 3 is 2.30 bits per heavy atom. The summed E-state index contributed by atoms with van der Waals surface area (Å²) in [7, 11) is 0. The van der Waals surface area contributed by atoms with Crippen molar-refractivity contribution in [3.8, 4) is 0 Å². The number of nitrogen functional groups attached to an aromatic ring is 1. The standard InChI is InChI=1S/C4H4F3N3/c5-4(6,7)3-1-9-10(8)2-3/h1-2H,8H2. The lowest BCUT2D eigenvalue weighted by atomic mass is 10.4. The van der Waals surface area contributed by atoms with E-state index in [0.29, 0.717) is 17.2 Å². The average Bonchev–Trinajstić information content (AvgIpc) is 2.11. The Labute approximate surface area is 54.2 Å². The highest BCUT2D eigenvalue weighted by atomic mass is 19.4. The van der Waals surface area contributed by atoms with Crippen LogP contribution in [0.25, 0.3) is 0 Å². The van der Waals surface area contributed by atoms with Gasteiger partial charge < -0.3 is 5.84 Å². The van der Waals surface area contributed by atoms with Gasteiger partial charge in [-0.2, -0.15) is 23.1 Å². The van der Waals surface area contributed by atoms with Crippen molar-refractivity contribution in [2.45, 2.75) is 6.18 Å². The van der Waals surface area contributed by atoms with Gasteiger partial charge in [-0.25, -0.2) is 0 Å². The smallest absolute Gasteiger partial charge is 0.323 e. The van der Waals surface area contributed by atoms with E-state index in [1.54, 1.807) is 0 Å². The Balaban J connectivity index is 2.96. The first kappa shape index (κ1) is 6.91. The van der Waals surface area contributed by atoms with Crippen molar-refractivity contribution in [3.05, 3.63) is 18.0 Å². The van der Waals surface area contributed by atoms with Gasteiger partial charge in [-0.15, -0.1) is 0 Å². The first-order valence-electron chi connectivity index (χ1n) is 2.37. The molecule has 0 fully saturated rings. The van der Waals surface area contributed by atoms with Crippen molar-refractivity contribution in [1.82, 2.24) is 9.89 Å². The second kappa shape index (κ2) is 1.89. The summed E-state index contributed by atoms with van der Waals surface area (Å²) in [4.78, 5) is 0.614. The predicted molar refractivity (Wildman–Crippen MR) is 27.4 cm³/mol. The molecule has 0 aliphatic rings. The molecule has 1 aromatic rings. The van der Waals surface area contributed by atoms with Gasteiger partial charge in [0.05, 0.1) is 18.0 Å². The largest absolute Gasteiger partial charge is 0.419 e. The molecule has 0 atom stereocenters. The number of nitrogens with zero attached hydrogens (tertiary/aromatic N) is 2. The maximum Gasteiger partial charge on any atom is 0.419 e. The molecule has 6 heteroatoms. The summed E-state index contributed by atoms with van der Waals surface area (Å²) in [5.74, 6) is 4.88. The van der Waals surface area contributed by atoms with Gasteiger partial charge in [0.25, 0.3) is 0 Å². The Morgan fingerprint density at radius 1 is 1.50 bits per heavy atom. The summed E-state index contributed by atoms with van der Waals surface area (Å²) in [6.07, 6.45) is -2.97. The van der Waals surface area contributed by atoms with Gasteiger partial charge in [0.2, 0.25) is 0 Å². The van der Waals surface area contributed by atoms with Crippen LogP contribution < -0.4 is 5.84 Å². The van der Waals surface area contributed by atoms with Crippen molar-refractivity contribution in [2.75, 3.05) is 5.84 Å². The number of aromatic nitrogens is 2. The van der Waals surface area contributed by atoms with E-state index < -0.39 is 11.7 Å². The van der Waals surface area contributed by atoms with E-state index in [9.17, 15) is 13.2 Å². The highest BCUT2D eigenvalue weighted by Gasteiger charge is 2.31. The van der Waals surface area contributed by atoms with E-state index in [2.05, 4.69) is 5.10 Å². The third kappa shape index (κ3) is 1.20. The fourth-order valence-corrected chi connectivity index (χ4v) is 0.484. The third-order valence-corrected chi connectivity index (χ3v) is 0.929. The molecular formula is C4H4F3N3. The first-order valence-corrected chi connectivity index (χ1v) is 2.37. The topological polar surface area (TPSA) is 43.8 Å². The Bertz CT molecular complexity index is 226. The second-order valence-electron chi connectivity index (χ2n) is 1.71. The summed E-state index contributed by atoms with van der Waals surface area (Å²) < 4.78 is 35.1. The monoisotopic (exact) mass is 151 g/mol. The van der Waals surface area contributed by atoms with Crippen molar-refractivity contribution >= 4 is 0 Å². The normalized spacial score (nSPS) is 11.9. The summed E-state index contributed by atoms with van der Waals surface area (Å²) in [6.45, 7) is 0. The summed E-state index contributed by atoms with van der Waals surface area (Å²) >= 11 is 0. The zero-order valence-electron chi connectivity index (χ0n) is 4.76. The molecule has 2 N–H and O–H groups in total. The quantitative estimate of drug-likeness (QED) is 0.552. The number of alkyl halides is 3. The number of halogens is 3. The molecule has 0 aliphatic carbocycles. The summed E-state index contributed by atoms with van der Waals surface area (Å²) in [6, 6.07) is 0. The molecule has 0 saturated carbocycles. The molecule has 0 saturated heterocycles. The van der Waals surface area contributed by atoms with Gasteiger partial charge in [0, 0.05) is 0 Å². The zero-order chi connectivity index (χ0) is 7.78. The molecule has 0 spiro atoms. The van der Waals surface area contributed by atoms with Crippen molar-refractivity contribution in [3.63, 3.8) is 0 Å². The van der Waals surface area contributed by atoms with Crippen LogP contribution in [0.4, 0.5) is 13.2 Å². The lowest BCUT2D eigenvalue weighted by Gasteiger charge is -1.99. The van der Waals surface area contributed by atoms with Crippen molar-refractivity contribution in [2.24, 2.45) is 0 Å². The molecule has 0 radical (unpaired) electrons. The van der Waals surface area contributed by atoms with Gasteiger partial charge >= 0.3 is 6.18 Å². The van der Waals surface area contributed by atoms with Crippen LogP contribution in [-0.4, -0.2) is 9.89 Å². The minimum Gasteiger partial charge on any atom is -0.323 e. The number of hydrogen-bond donors (Lipinski definition) is 1. The van der Waals surface area contributed by atoms with Gasteiger partial charge in [0.15, 0.2) is 0 Å². The molecule has 0 aromatic carbocycles. The average molecular weight is 151 g/mol. The van der Waals surface area contributed by atoms with Crippen LogP contribution in [0, 0.1) is 0 Å². The highest BCUT2D eigenvalue weighted by molar-refractivity contribution is 5.07. The molecule has 1 aromatic heterocycles. The van der Waals surface area contributed by atoms with Gasteiger partial charge in [-0.05, 0) is 0 Å². The lowest BCUT2D eigenvalue weighted by Crippen LogP contribution is -2.08. The third-order valence-electron chi connectivity index (χ3n) is 0.929. The molecule has 0 bridgehead atoms. The fraction of sp³-hybridized carbons (Fsp3) is 0.250. The van der Waals surface area contributed by atoms with Crippen LogP contribution in [0.1, 0.15) is 5.56 Å². The molecule has 56 valence electrons. The Morgan fingerprint density at radius 2 is 2.10 bits per heavy atom. The van der Waals surface area contributed by atoms with Crippen LogP contribution in [0.15, 0.2) is 12.4 Å². The fourth-order valence-electron chi connectivity index (χ4n) is 0.484. The number of rotatable bonds is 0. The van der Waals surface area contributed by atoms with E-state index >= 15 is 0 Å². The van der Waals surface area contributed by atoms with Crippen LogP contribution in [0.3, 0.4) is 0 Å². The second-order valence-corrected chi connectivity index (χ2v) is 1.71. The lowest BCUT2D eigenvalue weighted by molar-refractivity contribution is -0.137. The van der Waals surface area contributed by atoms with E-state index in [-0.39, 0.29) is 0 Å². The Kier molecular flexibility index (Phi) is 1.31. The first-order chi connectivity index (χ1) is 4.50. The predicted octanol–water partition coefficient (Wildman–Crippen LogP) is 0.616. The van der Waals surface area contributed by atoms with E-state index in [4.69, 9.17) is 5.84 Å². The van der Waals surface area contributed by atoms with E-state index in [1.807, 2.05) is 0 Å². The zero-order valence-corrected chi connectivity index (χ0v) is 4.76. The van der Waals surface area contributed by atoms with Crippen molar-refractivity contribution < 1.29 is 13.2 Å². The molecule has 0 aliphatic heterocycles. The van der Waals surface area contributed by atoms with E-state index in [1.165, 1.54) is 0 Å². The highest BCUT2D eigenvalue weighted by Crippen LogP contribution is 2.27. The number of nitrogens with two attached hydrogens (primary N) is 1. The van der Waals surface area contributed by atoms with Crippen LogP contribution in [0.5, 0.6) is 0 Å². The van der Waals surface area contributed by atoms with Gasteiger partial charge in [-0.3, -0.25) is 0 Å². The van der Waals surface area contributed by atoms with Gasteiger partial charge in [-0.1, -0.05) is 0 Å². The summed E-state index contributed by atoms with van der Waals surface area (Å²) in [5.41, 5.74) is -0.838.